The molecule has 0 aliphatic carbocycles. The molecule has 0 bridgehead atoms. The van der Waals surface area contributed by atoms with Crippen LogP contribution in [0.3, 0.4) is 0 Å². The van der Waals surface area contributed by atoms with E-state index >= 15 is 0 Å². The van der Waals surface area contributed by atoms with Crippen LogP contribution in [0.1, 0.15) is 58.4 Å². The first-order chi connectivity index (χ1) is 13.0. The first kappa shape index (κ1) is 19.4. The van der Waals surface area contributed by atoms with Crippen molar-refractivity contribution in [3.63, 3.8) is 0 Å². The van der Waals surface area contributed by atoms with Crippen LogP contribution in [0.5, 0.6) is 5.75 Å². The van der Waals surface area contributed by atoms with Gasteiger partial charge in [-0.25, -0.2) is 5.43 Å². The lowest BCUT2D eigenvalue weighted by Crippen LogP contribution is -2.38. The fraction of sp³-hybridized carbons (Fsp3) is 0.435. The topological polar surface area (TPSA) is 50.4 Å². The highest BCUT2D eigenvalue weighted by Gasteiger charge is 2.34. The number of amides is 1. The van der Waals surface area contributed by atoms with Crippen molar-refractivity contribution in [3.8, 4) is 5.75 Å². The standard InChI is InChI=1S/C23H30N2O2/c1-4-5-6-7-8-14-27-19-12-13-20-17(15-19)10-9-11-18(20)16-21-22(26)24-25-23(21,2)3/h9-13,15-16,25H,4-8,14H2,1-3H3,(H,24,26)/b21-16+. The summed E-state index contributed by atoms with van der Waals surface area (Å²) < 4.78 is 5.93. The molecule has 4 heteroatoms. The molecule has 2 aromatic carbocycles. The minimum Gasteiger partial charge on any atom is -0.494 e. The van der Waals surface area contributed by atoms with Gasteiger partial charge in [-0.15, -0.1) is 0 Å². The van der Waals surface area contributed by atoms with Crippen LogP contribution in [-0.4, -0.2) is 18.1 Å². The van der Waals surface area contributed by atoms with E-state index in [9.17, 15) is 4.79 Å². The summed E-state index contributed by atoms with van der Waals surface area (Å²) in [6.45, 7) is 6.98. The molecule has 0 radical (unpaired) electrons. The molecule has 4 nitrogen and oxygen atoms in total. The largest absolute Gasteiger partial charge is 0.494 e. The third-order valence-corrected chi connectivity index (χ3v) is 5.11. The summed E-state index contributed by atoms with van der Waals surface area (Å²) in [5, 5.41) is 2.24. The van der Waals surface area contributed by atoms with Gasteiger partial charge in [-0.2, -0.15) is 0 Å². The highest BCUT2D eigenvalue weighted by atomic mass is 16.5. The molecular formula is C23H30N2O2. The summed E-state index contributed by atoms with van der Waals surface area (Å²) >= 11 is 0. The lowest BCUT2D eigenvalue weighted by atomic mass is 9.92. The number of hydrazine groups is 1. The van der Waals surface area contributed by atoms with Crippen LogP contribution >= 0.6 is 0 Å². The number of ether oxygens (including phenoxy) is 1. The lowest BCUT2D eigenvalue weighted by Gasteiger charge is -2.17. The zero-order chi connectivity index (χ0) is 19.3. The highest BCUT2D eigenvalue weighted by Crippen LogP contribution is 2.29. The Labute approximate surface area is 162 Å². The average Bonchev–Trinajstić information content (AvgIpc) is 2.91. The molecule has 144 valence electrons. The van der Waals surface area contributed by atoms with E-state index in [0.717, 1.165) is 40.7 Å². The summed E-state index contributed by atoms with van der Waals surface area (Å²) in [6.07, 6.45) is 8.16. The summed E-state index contributed by atoms with van der Waals surface area (Å²) in [4.78, 5) is 12.1. The molecule has 1 aliphatic heterocycles. The number of rotatable bonds is 8. The van der Waals surface area contributed by atoms with E-state index < -0.39 is 0 Å². The summed E-state index contributed by atoms with van der Waals surface area (Å²) in [5.41, 5.74) is 7.12. The molecule has 0 atom stereocenters. The number of benzene rings is 2. The molecule has 2 N–H and O–H groups in total. The second kappa shape index (κ2) is 8.57. The number of nitrogens with one attached hydrogen (secondary N) is 2. The molecule has 3 rings (SSSR count). The summed E-state index contributed by atoms with van der Waals surface area (Å²) in [7, 11) is 0. The number of unbranched alkanes of at least 4 members (excludes halogenated alkanes) is 4. The van der Waals surface area contributed by atoms with Crippen molar-refractivity contribution in [1.29, 1.82) is 0 Å². The van der Waals surface area contributed by atoms with Crippen molar-refractivity contribution in [2.75, 3.05) is 6.61 Å². The van der Waals surface area contributed by atoms with Gasteiger partial charge in [-0.05, 0) is 54.8 Å². The van der Waals surface area contributed by atoms with Crippen LogP contribution in [0.25, 0.3) is 16.8 Å². The first-order valence-electron chi connectivity index (χ1n) is 9.96. The third kappa shape index (κ3) is 4.69. The van der Waals surface area contributed by atoms with Crippen molar-refractivity contribution in [2.45, 2.75) is 58.4 Å². The number of fused-ring (bicyclic) bond motifs is 1. The van der Waals surface area contributed by atoms with Gasteiger partial charge in [0.25, 0.3) is 5.91 Å². The van der Waals surface area contributed by atoms with Crippen molar-refractivity contribution < 1.29 is 9.53 Å². The molecule has 2 aromatic rings. The maximum atomic E-state index is 12.1. The molecule has 1 saturated heterocycles. The maximum Gasteiger partial charge on any atom is 0.263 e. The van der Waals surface area contributed by atoms with E-state index in [2.05, 4.69) is 36.0 Å². The van der Waals surface area contributed by atoms with Gasteiger partial charge in [-0.3, -0.25) is 10.2 Å². The predicted molar refractivity (Wildman–Crippen MR) is 112 cm³/mol. The van der Waals surface area contributed by atoms with E-state index in [1.807, 2.05) is 38.1 Å². The van der Waals surface area contributed by atoms with Crippen LogP contribution in [-0.2, 0) is 4.79 Å². The fourth-order valence-electron chi connectivity index (χ4n) is 3.43. The number of carbonyl (C=O) groups excluding carboxylic acids is 1. The Kier molecular flexibility index (Phi) is 6.17. The zero-order valence-electron chi connectivity index (χ0n) is 16.6. The van der Waals surface area contributed by atoms with Gasteiger partial charge in [0.1, 0.15) is 5.75 Å². The summed E-state index contributed by atoms with van der Waals surface area (Å²) in [6, 6.07) is 12.3. The fourth-order valence-corrected chi connectivity index (χ4v) is 3.43. The van der Waals surface area contributed by atoms with E-state index in [1.165, 1.54) is 25.7 Å². The molecule has 0 spiro atoms. The maximum absolute atomic E-state index is 12.1. The van der Waals surface area contributed by atoms with Crippen LogP contribution in [0.4, 0.5) is 0 Å². The molecule has 1 fully saturated rings. The van der Waals surface area contributed by atoms with E-state index in [-0.39, 0.29) is 11.4 Å². The van der Waals surface area contributed by atoms with Gasteiger partial charge >= 0.3 is 0 Å². The Morgan fingerprint density at radius 2 is 1.89 bits per heavy atom. The monoisotopic (exact) mass is 366 g/mol. The summed E-state index contributed by atoms with van der Waals surface area (Å²) in [5.74, 6) is 0.837. The van der Waals surface area contributed by atoms with Crippen molar-refractivity contribution >= 4 is 22.8 Å². The van der Waals surface area contributed by atoms with E-state index in [0.29, 0.717) is 0 Å². The molecule has 0 saturated carbocycles. The molecule has 1 aliphatic rings. The van der Waals surface area contributed by atoms with Crippen molar-refractivity contribution in [2.24, 2.45) is 0 Å². The van der Waals surface area contributed by atoms with Gasteiger partial charge in [0, 0.05) is 5.57 Å². The molecular weight excluding hydrogens is 336 g/mol. The SMILES string of the molecule is CCCCCCCOc1ccc2c(/C=C3\C(=O)NNC3(C)C)cccc2c1. The third-order valence-electron chi connectivity index (χ3n) is 5.11. The van der Waals surface area contributed by atoms with Gasteiger partial charge < -0.3 is 4.74 Å². The second-order valence-corrected chi connectivity index (χ2v) is 7.75. The minimum atomic E-state index is -0.389. The van der Waals surface area contributed by atoms with Crippen LogP contribution < -0.4 is 15.6 Å². The molecule has 1 amide bonds. The average molecular weight is 367 g/mol. The smallest absolute Gasteiger partial charge is 0.263 e. The zero-order valence-corrected chi connectivity index (χ0v) is 16.6. The van der Waals surface area contributed by atoms with Crippen LogP contribution in [0.15, 0.2) is 42.0 Å². The van der Waals surface area contributed by atoms with Gasteiger partial charge in [0.05, 0.1) is 12.1 Å². The van der Waals surface area contributed by atoms with Crippen molar-refractivity contribution in [3.05, 3.63) is 47.5 Å². The Bertz CT molecular complexity index is 839. The quantitative estimate of drug-likeness (QED) is 0.511. The number of hydrogen-bond acceptors (Lipinski definition) is 3. The molecule has 0 unspecified atom stereocenters. The Hall–Kier alpha value is -2.33. The van der Waals surface area contributed by atoms with Crippen LogP contribution in [0.2, 0.25) is 0 Å². The van der Waals surface area contributed by atoms with E-state index in [4.69, 9.17) is 4.74 Å². The number of hydrogen-bond donors (Lipinski definition) is 2. The normalized spacial score (nSPS) is 17.4. The Morgan fingerprint density at radius 3 is 2.63 bits per heavy atom. The molecule has 27 heavy (non-hydrogen) atoms. The Balaban J connectivity index is 1.75. The van der Waals surface area contributed by atoms with Gasteiger partial charge in [0.2, 0.25) is 0 Å². The highest BCUT2D eigenvalue weighted by molar-refractivity contribution is 6.04. The Morgan fingerprint density at radius 1 is 1.07 bits per heavy atom. The van der Waals surface area contributed by atoms with Crippen LogP contribution in [0, 0.1) is 0 Å². The first-order valence-corrected chi connectivity index (χ1v) is 9.96. The van der Waals surface area contributed by atoms with Gasteiger partial charge in [0.15, 0.2) is 0 Å². The van der Waals surface area contributed by atoms with Crippen molar-refractivity contribution in [1.82, 2.24) is 10.9 Å². The lowest BCUT2D eigenvalue weighted by molar-refractivity contribution is -0.116. The molecule has 0 aromatic heterocycles. The number of carbonyl (C=O) groups is 1. The van der Waals surface area contributed by atoms with E-state index in [1.54, 1.807) is 0 Å². The second-order valence-electron chi connectivity index (χ2n) is 7.75. The minimum absolute atomic E-state index is 0.0694. The van der Waals surface area contributed by atoms with Gasteiger partial charge in [-0.1, -0.05) is 56.9 Å². The molecule has 1 heterocycles. The predicted octanol–water partition coefficient (Wildman–Crippen LogP) is 4.99.